The van der Waals surface area contributed by atoms with Gasteiger partial charge in [-0.3, -0.25) is 19.8 Å². The highest BCUT2D eigenvalue weighted by atomic mass is 19.4. The van der Waals surface area contributed by atoms with E-state index in [2.05, 4.69) is 16.1 Å². The fourth-order valence-electron chi connectivity index (χ4n) is 5.35. The van der Waals surface area contributed by atoms with Crippen molar-refractivity contribution in [3.63, 3.8) is 0 Å². The lowest BCUT2D eigenvalue weighted by molar-refractivity contribution is -0.384. The van der Waals surface area contributed by atoms with Crippen molar-refractivity contribution in [2.24, 2.45) is 0 Å². The second-order valence-electron chi connectivity index (χ2n) is 12.3. The highest BCUT2D eigenvalue weighted by molar-refractivity contribution is 5.98. The van der Waals surface area contributed by atoms with Gasteiger partial charge in [-0.05, 0) is 49.7 Å². The fraction of sp³-hybridized carbons (Fsp3) is 0.425. The molecule has 0 bridgehead atoms. The van der Waals surface area contributed by atoms with E-state index in [0.717, 1.165) is 30.4 Å². The number of likely N-dealkylation sites (N-methyl/N-ethyl adjacent to an activating group) is 2. The Morgan fingerprint density at radius 2 is 1.47 bits per heavy atom. The number of benzene rings is 1. The lowest BCUT2D eigenvalue weighted by Crippen LogP contribution is -2.38. The van der Waals surface area contributed by atoms with Crippen LogP contribution >= 0.6 is 0 Å². The Morgan fingerprint density at radius 1 is 0.871 bits per heavy atom. The summed E-state index contributed by atoms with van der Waals surface area (Å²) in [6, 6.07) is 6.47. The topological polar surface area (TPSA) is 247 Å². The number of alkyl halides is 3. The molecule has 1 aliphatic rings. The second kappa shape index (κ2) is 26.1. The van der Waals surface area contributed by atoms with E-state index < -0.39 is 64.3 Å². The first-order valence-electron chi connectivity index (χ1n) is 18.8. The number of hydrogen-bond donors (Lipinski definition) is 0. The number of rotatable bonds is 24. The number of nitrogens with zero attached hydrogens (tertiary/aromatic N) is 5. The van der Waals surface area contributed by atoms with Gasteiger partial charge in [-0.1, -0.05) is 32.6 Å². The highest BCUT2D eigenvalue weighted by Crippen LogP contribution is 2.32. The number of hydrogen-bond acceptors (Lipinski definition) is 18. The zero-order valence-corrected chi connectivity index (χ0v) is 34.0. The molecule has 2 rings (SSSR count). The summed E-state index contributed by atoms with van der Waals surface area (Å²) < 4.78 is 74.0. The van der Waals surface area contributed by atoms with Crippen LogP contribution in [0, 0.1) is 32.8 Å². The minimum Gasteiger partial charge on any atom is -0.462 e. The Balaban J connectivity index is 2.03. The molecule has 0 radical (unpaired) electrons. The maximum atomic E-state index is 13.4. The van der Waals surface area contributed by atoms with Crippen molar-refractivity contribution < 1.29 is 75.2 Å². The molecule has 1 atom stereocenters. The van der Waals surface area contributed by atoms with E-state index >= 15 is 0 Å². The lowest BCUT2D eigenvalue weighted by Gasteiger charge is -2.31. The average Bonchev–Trinajstić information content (AvgIpc) is 3.24. The predicted molar refractivity (Wildman–Crippen MR) is 209 cm³/mol. The van der Waals surface area contributed by atoms with Crippen LogP contribution in [0.5, 0.6) is 0 Å². The summed E-state index contributed by atoms with van der Waals surface area (Å²) in [6.07, 6.45) is -0.652. The number of anilines is 1. The average molecular weight is 876 g/mol. The number of carbonyl (C=O) groups excluding carboxylic acids is 5. The van der Waals surface area contributed by atoms with Crippen LogP contribution in [0.3, 0.4) is 0 Å². The summed E-state index contributed by atoms with van der Waals surface area (Å²) in [5.41, 5.74) is -1.45. The van der Waals surface area contributed by atoms with E-state index in [4.69, 9.17) is 23.7 Å². The predicted octanol–water partition coefficient (Wildman–Crippen LogP) is 5.14. The number of carbonyl (C=O) groups is 5. The van der Waals surface area contributed by atoms with Crippen LogP contribution in [0.4, 0.5) is 29.3 Å². The van der Waals surface area contributed by atoms with Crippen molar-refractivity contribution in [3.05, 3.63) is 87.2 Å². The van der Waals surface area contributed by atoms with Gasteiger partial charge in [-0.15, -0.1) is 13.2 Å². The Labute approximate surface area is 353 Å². The minimum atomic E-state index is -5.13. The third kappa shape index (κ3) is 17.6. The molecule has 0 spiro atoms. The van der Waals surface area contributed by atoms with Crippen LogP contribution < -0.4 is 4.90 Å². The number of nitro groups is 1. The van der Waals surface area contributed by atoms with Gasteiger partial charge in [0.15, 0.2) is 0 Å². The van der Waals surface area contributed by atoms with Crippen LogP contribution in [0.25, 0.3) is 6.08 Å². The molecule has 0 saturated heterocycles. The lowest BCUT2D eigenvalue weighted by atomic mass is 9.98. The highest BCUT2D eigenvalue weighted by Gasteiger charge is 2.35. The van der Waals surface area contributed by atoms with Crippen molar-refractivity contribution in [2.75, 3.05) is 70.7 Å². The number of allylic oxidation sites excluding steroid dienone is 1. The van der Waals surface area contributed by atoms with E-state index in [1.54, 1.807) is 37.8 Å². The second-order valence-corrected chi connectivity index (χ2v) is 12.3. The van der Waals surface area contributed by atoms with Crippen LogP contribution in [0.15, 0.2) is 71.6 Å². The number of nitriles is 2. The molecule has 1 aromatic rings. The van der Waals surface area contributed by atoms with Crippen LogP contribution in [-0.2, 0) is 52.3 Å². The molecule has 0 heterocycles. The number of esters is 4. The summed E-state index contributed by atoms with van der Waals surface area (Å²) in [6.45, 7) is 6.88. The zero-order chi connectivity index (χ0) is 46.2. The third-order valence-electron chi connectivity index (χ3n) is 8.29. The summed E-state index contributed by atoms with van der Waals surface area (Å²) in [7, 11) is 0. The molecule has 0 saturated carbocycles. The van der Waals surface area contributed by atoms with E-state index in [9.17, 15) is 57.8 Å². The number of nitro benzene ring substituents is 1. The maximum Gasteiger partial charge on any atom is 0.573 e. The quantitative estimate of drug-likeness (QED) is 0.0248. The molecule has 0 aromatic heterocycles. The minimum absolute atomic E-state index is 0.0213. The Morgan fingerprint density at radius 3 is 2.02 bits per heavy atom. The molecule has 1 aliphatic carbocycles. The van der Waals surface area contributed by atoms with Gasteiger partial charge < -0.3 is 38.1 Å². The largest absolute Gasteiger partial charge is 0.573 e. The molecule has 1 unspecified atom stereocenters. The van der Waals surface area contributed by atoms with Crippen LogP contribution in [0.2, 0.25) is 0 Å². The molecule has 0 N–H and O–H groups in total. The van der Waals surface area contributed by atoms with Crippen molar-refractivity contribution in [1.29, 1.82) is 10.5 Å². The van der Waals surface area contributed by atoms with E-state index in [0.29, 0.717) is 0 Å². The molecule has 62 heavy (non-hydrogen) atoms. The van der Waals surface area contributed by atoms with Gasteiger partial charge in [0.05, 0.1) is 11.5 Å². The van der Waals surface area contributed by atoms with Gasteiger partial charge in [0.2, 0.25) is 0 Å². The normalized spacial score (nSPS) is 13.9. The first-order chi connectivity index (χ1) is 29.5. The summed E-state index contributed by atoms with van der Waals surface area (Å²) in [4.78, 5) is 74.0. The van der Waals surface area contributed by atoms with Gasteiger partial charge in [0, 0.05) is 43.3 Å². The van der Waals surface area contributed by atoms with Gasteiger partial charge in [0.25, 0.3) is 5.69 Å². The summed E-state index contributed by atoms with van der Waals surface area (Å²) in [5.74, 6) is -4.18. The molecule has 0 fully saturated rings. The first kappa shape index (κ1) is 50.9. The molecule has 19 nitrogen and oxygen atoms in total. The molecule has 334 valence electrons. The number of halogens is 3. The van der Waals surface area contributed by atoms with Crippen molar-refractivity contribution in [2.45, 2.75) is 46.0 Å². The Hall–Kier alpha value is -7.20. The van der Waals surface area contributed by atoms with Gasteiger partial charge in [-0.25, -0.2) is 19.2 Å². The molecule has 1 aromatic carbocycles. The molecule has 22 heteroatoms. The third-order valence-corrected chi connectivity index (χ3v) is 8.29. The summed E-state index contributed by atoms with van der Waals surface area (Å²) in [5, 5.41) is 30.9. The molecular formula is C40H44F3N5O14. The van der Waals surface area contributed by atoms with Crippen molar-refractivity contribution in [1.82, 2.24) is 4.90 Å². The Bertz CT molecular complexity index is 2020. The van der Waals surface area contributed by atoms with Crippen molar-refractivity contribution in [3.8, 4) is 12.1 Å². The summed E-state index contributed by atoms with van der Waals surface area (Å²) >= 11 is 0. The molecule has 0 aliphatic heterocycles. The van der Waals surface area contributed by atoms with E-state index in [1.165, 1.54) is 23.1 Å². The van der Waals surface area contributed by atoms with Crippen LogP contribution in [-0.4, -0.2) is 118 Å². The Kier molecular flexibility index (Phi) is 21.4. The fourth-order valence-corrected chi connectivity index (χ4v) is 5.35. The van der Waals surface area contributed by atoms with Gasteiger partial charge in [0.1, 0.15) is 74.4 Å². The van der Waals surface area contributed by atoms with E-state index in [-0.39, 0.29) is 101 Å². The first-order valence-corrected chi connectivity index (χ1v) is 18.8. The molecule has 0 amide bonds. The van der Waals surface area contributed by atoms with Gasteiger partial charge >= 0.3 is 36.4 Å². The SMILES string of the molecule is C=CC(=O)OCCOC(=O)/C(C#N)=C/c1ccc(N(CC)CCOC(=O)OCCN(CC)C2C=C(OC(F)(F)F)C(/C=C(\C#N)C(=O)OCCOC(=O)CC)=CC2)c([N+](=O)[O-])c1. The van der Waals surface area contributed by atoms with Gasteiger partial charge in [-0.2, -0.15) is 10.5 Å². The maximum absolute atomic E-state index is 13.4. The zero-order valence-electron chi connectivity index (χ0n) is 34.0. The van der Waals surface area contributed by atoms with Crippen molar-refractivity contribution >= 4 is 47.5 Å². The number of ether oxygens (including phenoxy) is 7. The smallest absolute Gasteiger partial charge is 0.462 e. The monoisotopic (exact) mass is 875 g/mol. The molecular weight excluding hydrogens is 831 g/mol. The standard InChI is InChI=1S/C40H44F3N5O14/c1-5-35(49)56-17-19-58-37(51)29(25-44)21-27-9-12-32(33(22-27)48(54)55)47(8-4)14-16-61-39(53)60-15-13-46(7-3)31-11-10-28(34(24-31)62-40(41,42)43)23-30(26-45)38(52)59-20-18-57-36(50)6-2/h5,9-10,12,21-24,31H,1,6-8,11,13-20H2,2-4H3/b29-21+,30-23+. The van der Waals surface area contributed by atoms with E-state index in [1.807, 2.05) is 0 Å². The van der Waals surface area contributed by atoms with Crippen LogP contribution in [0.1, 0.15) is 39.2 Å².